The number of furan rings is 1. The summed E-state index contributed by atoms with van der Waals surface area (Å²) in [6.07, 6.45) is 0. The number of hydrogen-bond acceptors (Lipinski definition) is 2. The van der Waals surface area contributed by atoms with Crippen LogP contribution in [0.4, 0.5) is 17.1 Å². The van der Waals surface area contributed by atoms with E-state index in [9.17, 15) is 0 Å². The molecule has 0 fully saturated rings. The van der Waals surface area contributed by atoms with Crippen molar-refractivity contribution in [3.8, 4) is 66.8 Å². The number of anilines is 3. The molecule has 12 aromatic carbocycles. The van der Waals surface area contributed by atoms with Crippen LogP contribution in [0.1, 0.15) is 0 Å². The van der Waals surface area contributed by atoms with E-state index in [1.165, 1.54) is 71.6 Å². The van der Waals surface area contributed by atoms with E-state index in [-0.39, 0.29) is 0 Å². The average Bonchev–Trinajstić information content (AvgIpc) is 3.84. The van der Waals surface area contributed by atoms with E-state index >= 15 is 0 Å². The first kappa shape index (κ1) is 41.0. The van der Waals surface area contributed by atoms with Crippen LogP contribution in [-0.2, 0) is 0 Å². The standard InChI is InChI=1S/C68H45NO/c1-3-17-46(18-4-1)60-42-37-52(45-64(60)49-19-5-2-6-20-49)59-28-12-11-26-56(59)50-33-38-53(39-34-50)69(54-40-35-51(36-41-54)57-30-15-23-47-21-7-9-25-55(47)57)65-44-43-62(61-31-16-24-48-22-8-10-27-58(48)61)68-67(65)63-29-13-14-32-66(63)70-68/h1-45H. The van der Waals surface area contributed by atoms with Crippen molar-refractivity contribution in [1.82, 2.24) is 0 Å². The number of rotatable bonds is 9. The smallest absolute Gasteiger partial charge is 0.145 e. The first-order valence-corrected chi connectivity index (χ1v) is 24.0. The maximum Gasteiger partial charge on any atom is 0.145 e. The molecule has 13 aromatic rings. The summed E-state index contributed by atoms with van der Waals surface area (Å²) >= 11 is 0. The van der Waals surface area contributed by atoms with Crippen molar-refractivity contribution in [2.24, 2.45) is 0 Å². The molecular formula is C68H45NO. The van der Waals surface area contributed by atoms with Gasteiger partial charge in [0, 0.05) is 22.3 Å². The van der Waals surface area contributed by atoms with Gasteiger partial charge in [0.05, 0.1) is 11.1 Å². The molecule has 1 aromatic heterocycles. The molecular weight excluding hydrogens is 847 g/mol. The third-order valence-electron chi connectivity index (χ3n) is 13.9. The summed E-state index contributed by atoms with van der Waals surface area (Å²) in [6, 6.07) is 98.5. The molecule has 0 aliphatic heterocycles. The Bertz CT molecular complexity index is 4030. The van der Waals surface area contributed by atoms with Gasteiger partial charge >= 0.3 is 0 Å². The van der Waals surface area contributed by atoms with E-state index in [1.807, 2.05) is 0 Å². The predicted molar refractivity (Wildman–Crippen MR) is 296 cm³/mol. The van der Waals surface area contributed by atoms with Gasteiger partial charge in [-0.2, -0.15) is 0 Å². The maximum atomic E-state index is 6.94. The van der Waals surface area contributed by atoms with Crippen molar-refractivity contribution in [3.63, 3.8) is 0 Å². The Hall–Kier alpha value is -9.24. The Balaban J connectivity index is 0.966. The van der Waals surface area contributed by atoms with E-state index in [1.54, 1.807) is 0 Å². The molecule has 1 heterocycles. The highest BCUT2D eigenvalue weighted by Gasteiger charge is 2.23. The molecule has 0 bridgehead atoms. The molecule has 0 spiro atoms. The minimum atomic E-state index is 0.858. The lowest BCUT2D eigenvalue weighted by Gasteiger charge is -2.27. The lowest BCUT2D eigenvalue weighted by Crippen LogP contribution is -2.10. The third-order valence-corrected chi connectivity index (χ3v) is 13.9. The van der Waals surface area contributed by atoms with E-state index in [0.29, 0.717) is 0 Å². The van der Waals surface area contributed by atoms with Crippen LogP contribution in [-0.4, -0.2) is 0 Å². The molecule has 0 saturated heterocycles. The molecule has 0 radical (unpaired) electrons. The Labute approximate surface area is 407 Å². The van der Waals surface area contributed by atoms with Gasteiger partial charge < -0.3 is 9.32 Å². The minimum Gasteiger partial charge on any atom is -0.455 e. The van der Waals surface area contributed by atoms with Gasteiger partial charge in [0.25, 0.3) is 0 Å². The van der Waals surface area contributed by atoms with Crippen LogP contribution in [0.15, 0.2) is 277 Å². The minimum absolute atomic E-state index is 0.858. The van der Waals surface area contributed by atoms with Crippen molar-refractivity contribution in [3.05, 3.63) is 273 Å². The van der Waals surface area contributed by atoms with Gasteiger partial charge in [0.15, 0.2) is 0 Å². The zero-order valence-electron chi connectivity index (χ0n) is 38.3. The van der Waals surface area contributed by atoms with E-state index in [0.717, 1.165) is 55.7 Å². The van der Waals surface area contributed by atoms with Crippen LogP contribution in [0.5, 0.6) is 0 Å². The second-order valence-corrected chi connectivity index (χ2v) is 18.0. The predicted octanol–water partition coefficient (Wildman–Crippen LogP) is 19.4. The molecule has 0 N–H and O–H groups in total. The van der Waals surface area contributed by atoms with Crippen molar-refractivity contribution in [2.45, 2.75) is 0 Å². The summed E-state index contributed by atoms with van der Waals surface area (Å²) in [5.74, 6) is 0. The molecule has 70 heavy (non-hydrogen) atoms. The van der Waals surface area contributed by atoms with Gasteiger partial charge in [-0.25, -0.2) is 0 Å². The van der Waals surface area contributed by atoms with Crippen LogP contribution in [0.25, 0.3) is 110 Å². The SMILES string of the molecule is c1ccc(-c2ccc(-c3ccccc3-c3ccc(N(c4ccc(-c5cccc6ccccc56)cc4)c4ccc(-c5cccc6ccccc56)c5oc6ccccc6c45)cc3)cc2-c2ccccc2)cc1. The van der Waals surface area contributed by atoms with Crippen molar-refractivity contribution >= 4 is 60.5 Å². The van der Waals surface area contributed by atoms with Gasteiger partial charge in [0.2, 0.25) is 0 Å². The van der Waals surface area contributed by atoms with Gasteiger partial charge in [-0.1, -0.05) is 224 Å². The Morgan fingerprint density at radius 1 is 0.257 bits per heavy atom. The Kier molecular flexibility index (Phi) is 10.2. The fourth-order valence-corrected chi connectivity index (χ4v) is 10.6. The van der Waals surface area contributed by atoms with Gasteiger partial charge in [-0.15, -0.1) is 0 Å². The summed E-state index contributed by atoms with van der Waals surface area (Å²) in [5.41, 5.74) is 19.0. The number of benzene rings is 12. The maximum absolute atomic E-state index is 6.94. The fourth-order valence-electron chi connectivity index (χ4n) is 10.6. The van der Waals surface area contributed by atoms with Crippen LogP contribution in [0.2, 0.25) is 0 Å². The number of nitrogens with zero attached hydrogens (tertiary/aromatic N) is 1. The average molecular weight is 892 g/mol. The third kappa shape index (κ3) is 7.22. The van der Waals surface area contributed by atoms with Gasteiger partial charge in [0.1, 0.15) is 11.2 Å². The molecule has 0 unspecified atom stereocenters. The number of hydrogen-bond donors (Lipinski definition) is 0. The largest absolute Gasteiger partial charge is 0.455 e. The van der Waals surface area contributed by atoms with E-state index < -0.39 is 0 Å². The first-order chi connectivity index (χ1) is 34.7. The second kappa shape index (κ2) is 17.4. The Morgan fingerprint density at radius 3 is 1.34 bits per heavy atom. The summed E-state index contributed by atoms with van der Waals surface area (Å²) in [6.45, 7) is 0. The van der Waals surface area contributed by atoms with Crippen LogP contribution in [0, 0.1) is 0 Å². The lowest BCUT2D eigenvalue weighted by atomic mass is 9.88. The lowest BCUT2D eigenvalue weighted by molar-refractivity contribution is 0.670. The topological polar surface area (TPSA) is 16.4 Å². The quantitative estimate of drug-likeness (QED) is 0.144. The fraction of sp³-hybridized carbons (Fsp3) is 0. The van der Waals surface area contributed by atoms with Crippen LogP contribution in [0.3, 0.4) is 0 Å². The molecule has 0 aliphatic carbocycles. The molecule has 2 heteroatoms. The first-order valence-electron chi connectivity index (χ1n) is 24.0. The zero-order valence-corrected chi connectivity index (χ0v) is 38.3. The monoisotopic (exact) mass is 891 g/mol. The molecule has 13 rings (SSSR count). The molecule has 2 nitrogen and oxygen atoms in total. The summed E-state index contributed by atoms with van der Waals surface area (Å²) < 4.78 is 6.94. The highest BCUT2D eigenvalue weighted by Crippen LogP contribution is 2.48. The van der Waals surface area contributed by atoms with Gasteiger partial charge in [-0.3, -0.25) is 0 Å². The molecule has 328 valence electrons. The van der Waals surface area contributed by atoms with E-state index in [2.05, 4.69) is 278 Å². The normalized spacial score (nSPS) is 11.4. The summed E-state index contributed by atoms with van der Waals surface area (Å²) in [7, 11) is 0. The summed E-state index contributed by atoms with van der Waals surface area (Å²) in [5, 5.41) is 7.01. The molecule has 0 saturated carbocycles. The summed E-state index contributed by atoms with van der Waals surface area (Å²) in [4.78, 5) is 2.40. The van der Waals surface area contributed by atoms with E-state index in [4.69, 9.17) is 4.42 Å². The second-order valence-electron chi connectivity index (χ2n) is 18.0. The number of para-hydroxylation sites is 1. The highest BCUT2D eigenvalue weighted by molar-refractivity contribution is 6.18. The molecule has 0 amide bonds. The highest BCUT2D eigenvalue weighted by atomic mass is 16.3. The van der Waals surface area contributed by atoms with Crippen LogP contribution >= 0.6 is 0 Å². The Morgan fingerprint density at radius 2 is 0.686 bits per heavy atom. The molecule has 0 aliphatic rings. The van der Waals surface area contributed by atoms with Crippen molar-refractivity contribution < 1.29 is 4.42 Å². The zero-order chi connectivity index (χ0) is 46.4. The van der Waals surface area contributed by atoms with Crippen molar-refractivity contribution in [2.75, 3.05) is 4.90 Å². The van der Waals surface area contributed by atoms with Crippen molar-refractivity contribution in [1.29, 1.82) is 0 Å². The van der Waals surface area contributed by atoms with Crippen LogP contribution < -0.4 is 4.90 Å². The molecule has 0 atom stereocenters. The van der Waals surface area contributed by atoms with Gasteiger partial charge in [-0.05, 0) is 131 Å². The number of fused-ring (bicyclic) bond motifs is 5.